The number of H-pyrrole nitrogens is 1. The maximum absolute atomic E-state index is 13.6. The molecule has 0 aliphatic carbocycles. The van der Waals surface area contributed by atoms with Crippen LogP contribution in [0.4, 0.5) is 5.69 Å². The van der Waals surface area contributed by atoms with Crippen molar-refractivity contribution < 1.29 is 23.4 Å². The van der Waals surface area contributed by atoms with Crippen molar-refractivity contribution in [2.75, 3.05) is 24.1 Å². The van der Waals surface area contributed by atoms with E-state index in [4.69, 9.17) is 4.74 Å². The molecule has 10 nitrogen and oxygen atoms in total. The second-order valence-corrected chi connectivity index (χ2v) is 13.7. The Balaban J connectivity index is 1.27. The summed E-state index contributed by atoms with van der Waals surface area (Å²) in [6.07, 6.45) is 1.84. The molecular formula is C27H29N5O5S3. The zero-order valence-corrected chi connectivity index (χ0v) is 24.4. The number of para-hydroxylation sites is 1. The average Bonchev–Trinajstić information content (AvgIpc) is 3.77. The summed E-state index contributed by atoms with van der Waals surface area (Å²) in [4.78, 5) is 11.3. The molecule has 3 N–H and O–H groups in total. The van der Waals surface area contributed by atoms with E-state index in [2.05, 4.69) is 14.9 Å². The van der Waals surface area contributed by atoms with Crippen LogP contribution in [0.15, 0.2) is 52.2 Å². The third-order valence-corrected chi connectivity index (χ3v) is 11.3. The van der Waals surface area contributed by atoms with E-state index in [1.807, 2.05) is 37.4 Å². The van der Waals surface area contributed by atoms with Crippen molar-refractivity contribution in [1.82, 2.24) is 19.4 Å². The Kier molecular flexibility index (Phi) is 7.09. The van der Waals surface area contributed by atoms with Gasteiger partial charge in [0.2, 0.25) is 0 Å². The molecule has 0 spiro atoms. The van der Waals surface area contributed by atoms with Gasteiger partial charge in [-0.15, -0.1) is 22.7 Å². The number of nitrogens with zero attached hydrogens (tertiary/aromatic N) is 4. The van der Waals surface area contributed by atoms with Crippen LogP contribution in [-0.4, -0.2) is 57.8 Å². The van der Waals surface area contributed by atoms with Gasteiger partial charge in [0.15, 0.2) is 11.8 Å². The zero-order chi connectivity index (χ0) is 28.0. The minimum Gasteiger partial charge on any atom is -0.494 e. The average molecular weight is 600 g/mol. The Hall–Kier alpha value is -3.36. The first-order chi connectivity index (χ1) is 19.3. The Morgan fingerprint density at radius 1 is 1.15 bits per heavy atom. The van der Waals surface area contributed by atoms with Crippen LogP contribution in [0.25, 0.3) is 21.6 Å². The molecule has 0 unspecified atom stereocenters. The highest BCUT2D eigenvalue weighted by Gasteiger charge is 2.30. The number of sulfonamides is 1. The van der Waals surface area contributed by atoms with Gasteiger partial charge in [-0.1, -0.05) is 18.2 Å². The summed E-state index contributed by atoms with van der Waals surface area (Å²) < 4.78 is 35.9. The summed E-state index contributed by atoms with van der Waals surface area (Å²) in [6.45, 7) is 4.58. The highest BCUT2D eigenvalue weighted by Crippen LogP contribution is 2.40. The molecule has 0 bridgehead atoms. The molecule has 0 radical (unpaired) electrons. The van der Waals surface area contributed by atoms with E-state index < -0.39 is 10.0 Å². The summed E-state index contributed by atoms with van der Waals surface area (Å²) in [5, 5.41) is 24.0. The number of fused-ring (bicyclic) bond motifs is 2. The predicted molar refractivity (Wildman–Crippen MR) is 156 cm³/mol. The first-order valence-corrected chi connectivity index (χ1v) is 15.9. The first kappa shape index (κ1) is 26.8. The van der Waals surface area contributed by atoms with E-state index >= 15 is 0 Å². The zero-order valence-electron chi connectivity index (χ0n) is 22.0. The van der Waals surface area contributed by atoms with Crippen molar-refractivity contribution in [1.29, 1.82) is 0 Å². The summed E-state index contributed by atoms with van der Waals surface area (Å²) in [5.41, 5.74) is 3.60. The standard InChI is InChI=1S/C27H29N5O5S3/c1-3-37-10-9-32(40(35,36)23-8-5-11-38-23)22-7-4-6-17-12-21(29-24(17)22)25-28-13-18(39-25)14-31-15-19-20(16-31)27(34)30(2)26(19)33/h4-8,11-13,29,33-34H,3,9-10,14-16H2,1-2H3. The van der Waals surface area contributed by atoms with Crippen molar-refractivity contribution in [3.63, 3.8) is 0 Å². The Morgan fingerprint density at radius 3 is 2.62 bits per heavy atom. The van der Waals surface area contributed by atoms with Crippen LogP contribution >= 0.6 is 22.7 Å². The van der Waals surface area contributed by atoms with Crippen molar-refractivity contribution >= 4 is 49.3 Å². The van der Waals surface area contributed by atoms with E-state index in [9.17, 15) is 18.6 Å². The number of thiophene rings is 1. The van der Waals surface area contributed by atoms with Crippen LogP contribution in [0.1, 0.15) is 22.9 Å². The molecule has 5 aromatic rings. The number of rotatable bonds is 10. The van der Waals surface area contributed by atoms with Gasteiger partial charge in [0.05, 0.1) is 30.0 Å². The summed E-state index contributed by atoms with van der Waals surface area (Å²) >= 11 is 2.74. The number of anilines is 1. The lowest BCUT2D eigenvalue weighted by Crippen LogP contribution is -2.34. The fourth-order valence-electron chi connectivity index (χ4n) is 5.09. The van der Waals surface area contributed by atoms with Gasteiger partial charge in [0, 0.05) is 60.9 Å². The number of aromatic hydroxyl groups is 2. The summed E-state index contributed by atoms with van der Waals surface area (Å²) in [5.74, 6) is 0.204. The molecule has 4 aromatic heterocycles. The molecule has 1 aliphatic heterocycles. The van der Waals surface area contributed by atoms with Crippen molar-refractivity contribution in [3.8, 4) is 22.5 Å². The molecule has 5 heterocycles. The summed E-state index contributed by atoms with van der Waals surface area (Å²) in [7, 11) is -2.13. The van der Waals surface area contributed by atoms with E-state index in [1.165, 1.54) is 20.2 Å². The quantitative estimate of drug-likeness (QED) is 0.196. The van der Waals surface area contributed by atoms with Crippen LogP contribution in [0.3, 0.4) is 0 Å². The maximum Gasteiger partial charge on any atom is 0.273 e. The van der Waals surface area contributed by atoms with Gasteiger partial charge in [0.1, 0.15) is 9.22 Å². The Morgan fingerprint density at radius 2 is 1.93 bits per heavy atom. The van der Waals surface area contributed by atoms with Crippen LogP contribution in [0.5, 0.6) is 11.8 Å². The van der Waals surface area contributed by atoms with E-state index in [1.54, 1.807) is 35.9 Å². The topological polar surface area (TPSA) is 124 Å². The molecule has 13 heteroatoms. The second-order valence-electron chi connectivity index (χ2n) is 9.57. The second kappa shape index (κ2) is 10.6. The van der Waals surface area contributed by atoms with Gasteiger partial charge in [-0.3, -0.25) is 13.8 Å². The molecule has 0 saturated heterocycles. The molecule has 1 aromatic carbocycles. The Labute approximate surface area is 239 Å². The van der Waals surface area contributed by atoms with Crippen LogP contribution < -0.4 is 4.31 Å². The van der Waals surface area contributed by atoms with Crippen molar-refractivity contribution in [3.05, 3.63) is 64.0 Å². The lowest BCUT2D eigenvalue weighted by molar-refractivity contribution is 0.156. The predicted octanol–water partition coefficient (Wildman–Crippen LogP) is 4.85. The lowest BCUT2D eigenvalue weighted by Gasteiger charge is -2.24. The minimum absolute atomic E-state index is 0.102. The van der Waals surface area contributed by atoms with E-state index in [0.717, 1.165) is 32.1 Å². The summed E-state index contributed by atoms with van der Waals surface area (Å²) in [6, 6.07) is 11.0. The molecule has 40 heavy (non-hydrogen) atoms. The number of benzene rings is 1. The van der Waals surface area contributed by atoms with Crippen LogP contribution in [-0.2, 0) is 41.4 Å². The number of aromatic amines is 1. The largest absolute Gasteiger partial charge is 0.494 e. The van der Waals surface area contributed by atoms with Gasteiger partial charge in [-0.05, 0) is 30.5 Å². The molecule has 0 fully saturated rings. The van der Waals surface area contributed by atoms with Crippen molar-refractivity contribution in [2.45, 2.75) is 30.8 Å². The van der Waals surface area contributed by atoms with E-state index in [0.29, 0.717) is 37.4 Å². The third-order valence-electron chi connectivity index (χ3n) is 7.05. The van der Waals surface area contributed by atoms with Crippen molar-refractivity contribution in [2.24, 2.45) is 7.05 Å². The van der Waals surface area contributed by atoms with Gasteiger partial charge in [-0.2, -0.15) is 0 Å². The minimum atomic E-state index is -3.78. The molecule has 0 saturated carbocycles. The number of ether oxygens (including phenoxy) is 1. The maximum atomic E-state index is 13.6. The highest BCUT2D eigenvalue weighted by molar-refractivity contribution is 7.94. The Bertz CT molecular complexity index is 1740. The number of hydrogen-bond acceptors (Lipinski definition) is 9. The number of thiazole rings is 1. The molecule has 6 rings (SSSR count). The van der Waals surface area contributed by atoms with Crippen LogP contribution in [0.2, 0.25) is 0 Å². The first-order valence-electron chi connectivity index (χ1n) is 12.8. The van der Waals surface area contributed by atoms with Gasteiger partial charge < -0.3 is 19.9 Å². The highest BCUT2D eigenvalue weighted by atomic mass is 32.2. The van der Waals surface area contributed by atoms with Gasteiger partial charge in [-0.25, -0.2) is 13.4 Å². The fourth-order valence-corrected chi connectivity index (χ4v) is 8.58. The monoisotopic (exact) mass is 599 g/mol. The normalized spacial score (nSPS) is 13.8. The smallest absolute Gasteiger partial charge is 0.273 e. The van der Waals surface area contributed by atoms with Gasteiger partial charge in [0.25, 0.3) is 10.0 Å². The fraction of sp³-hybridized carbons (Fsp3) is 0.296. The van der Waals surface area contributed by atoms with Crippen LogP contribution in [0, 0.1) is 0 Å². The van der Waals surface area contributed by atoms with E-state index in [-0.39, 0.29) is 29.1 Å². The number of hydrogen-bond donors (Lipinski definition) is 3. The molecule has 210 valence electrons. The molecule has 0 amide bonds. The molecular weight excluding hydrogens is 571 g/mol. The molecule has 0 atom stereocenters. The molecule has 1 aliphatic rings. The lowest BCUT2D eigenvalue weighted by atomic mass is 10.2. The number of aromatic nitrogens is 3. The third kappa shape index (κ3) is 4.67. The van der Waals surface area contributed by atoms with Gasteiger partial charge >= 0.3 is 0 Å². The SMILES string of the molecule is CCOCCN(c1cccc2cc(-c3ncc(CN4Cc5c(c(O)n(C)c5O)C4)s3)[nH]c12)S(=O)(=O)c1cccs1. The number of nitrogens with one attached hydrogen (secondary N) is 1.